The van der Waals surface area contributed by atoms with Gasteiger partial charge in [-0.05, 0) is 54.3 Å². The number of nitriles is 1. The van der Waals surface area contributed by atoms with Gasteiger partial charge in [0.25, 0.3) is 0 Å². The van der Waals surface area contributed by atoms with E-state index in [1.807, 2.05) is 33.8 Å². The molecule has 8 heteroatoms. The van der Waals surface area contributed by atoms with Crippen LogP contribution >= 0.6 is 0 Å². The average Bonchev–Trinajstić information content (AvgIpc) is 3.11. The van der Waals surface area contributed by atoms with E-state index in [9.17, 15) is 13.9 Å². The largest absolute Gasteiger partial charge is 0.285 e. The quantitative estimate of drug-likeness (QED) is 0.468. The highest BCUT2D eigenvalue weighted by atomic mass is 32.2. The van der Waals surface area contributed by atoms with Crippen LogP contribution in [-0.4, -0.2) is 19.0 Å². The molecule has 4 aromatic rings. The Morgan fingerprint density at radius 2 is 1.94 bits per heavy atom. The second kappa shape index (κ2) is 8.17. The summed E-state index contributed by atoms with van der Waals surface area (Å²) >= 11 is 0. The molecule has 0 spiro atoms. The maximum atomic E-state index is 14.6. The number of aromatic nitrogens is 3. The molecule has 32 heavy (non-hydrogen) atoms. The minimum Gasteiger partial charge on any atom is -0.285 e. The van der Waals surface area contributed by atoms with Crippen LogP contribution in [0.25, 0.3) is 16.6 Å². The number of pyridine rings is 1. The first kappa shape index (κ1) is 21.7. The molecule has 0 aliphatic carbocycles. The van der Waals surface area contributed by atoms with E-state index in [0.29, 0.717) is 38.7 Å². The van der Waals surface area contributed by atoms with Crippen molar-refractivity contribution in [1.29, 1.82) is 5.26 Å². The molecule has 6 nitrogen and oxygen atoms in total. The summed E-state index contributed by atoms with van der Waals surface area (Å²) in [4.78, 5) is 4.66. The van der Waals surface area contributed by atoms with Crippen molar-refractivity contribution < 1.29 is 8.60 Å². The zero-order valence-electron chi connectivity index (χ0n) is 18.2. The smallest absolute Gasteiger partial charge is 0.151 e. The lowest BCUT2D eigenvalue weighted by Gasteiger charge is -2.20. The minimum absolute atomic E-state index is 0.326. The second-order valence-electron chi connectivity index (χ2n) is 8.49. The van der Waals surface area contributed by atoms with Crippen LogP contribution in [0.5, 0.6) is 0 Å². The van der Waals surface area contributed by atoms with Crippen LogP contribution in [0.2, 0.25) is 0 Å². The summed E-state index contributed by atoms with van der Waals surface area (Å²) in [6.07, 6.45) is 1.63. The van der Waals surface area contributed by atoms with Gasteiger partial charge in [-0.1, -0.05) is 26.8 Å². The Balaban J connectivity index is 1.73. The van der Waals surface area contributed by atoms with E-state index in [1.165, 1.54) is 6.07 Å². The van der Waals surface area contributed by atoms with Gasteiger partial charge in [0.1, 0.15) is 17.7 Å². The van der Waals surface area contributed by atoms with Crippen LogP contribution in [0.1, 0.15) is 37.6 Å². The van der Waals surface area contributed by atoms with Crippen molar-refractivity contribution in [2.45, 2.75) is 38.0 Å². The molecule has 0 fully saturated rings. The molecule has 1 atom stereocenters. The van der Waals surface area contributed by atoms with Crippen LogP contribution in [0.3, 0.4) is 0 Å². The van der Waals surface area contributed by atoms with Gasteiger partial charge in [0.05, 0.1) is 27.4 Å². The molecule has 0 radical (unpaired) electrons. The Labute approximate surface area is 188 Å². The van der Waals surface area contributed by atoms with Gasteiger partial charge in [-0.3, -0.25) is 9.71 Å². The third-order valence-corrected chi connectivity index (χ3v) is 6.16. The van der Waals surface area contributed by atoms with Crippen LogP contribution in [-0.2, 0) is 16.4 Å². The number of fused-ring (bicyclic) bond motifs is 1. The maximum Gasteiger partial charge on any atom is 0.151 e. The number of nitrogens with zero attached hydrogens (tertiary/aromatic N) is 4. The fraction of sp³-hybridized carbons (Fsp3) is 0.208. The Hall–Kier alpha value is -3.57. The summed E-state index contributed by atoms with van der Waals surface area (Å²) in [5.41, 5.74) is 2.64. The van der Waals surface area contributed by atoms with Crippen molar-refractivity contribution in [3.63, 3.8) is 0 Å². The second-order valence-corrected chi connectivity index (χ2v) is 9.70. The minimum atomic E-state index is -1.71. The monoisotopic (exact) mass is 447 g/mol. The van der Waals surface area contributed by atoms with Crippen LogP contribution < -0.4 is 4.72 Å². The number of halogens is 1. The number of benzene rings is 2. The van der Waals surface area contributed by atoms with E-state index in [0.717, 1.165) is 5.39 Å². The first-order chi connectivity index (χ1) is 15.2. The highest BCUT2D eigenvalue weighted by Crippen LogP contribution is 2.29. The molecule has 0 saturated carbocycles. The van der Waals surface area contributed by atoms with Gasteiger partial charge >= 0.3 is 0 Å². The molecule has 0 amide bonds. The first-order valence-corrected chi connectivity index (χ1v) is 11.2. The molecule has 2 aromatic carbocycles. The van der Waals surface area contributed by atoms with Gasteiger partial charge in [0, 0.05) is 17.6 Å². The zero-order valence-corrected chi connectivity index (χ0v) is 19.0. The summed E-state index contributed by atoms with van der Waals surface area (Å²) in [5.74, 6) is 0.0926. The van der Waals surface area contributed by atoms with E-state index in [4.69, 9.17) is 0 Å². The fourth-order valence-electron chi connectivity index (χ4n) is 3.56. The normalized spacial score (nSPS) is 12.5. The number of aryl methyl sites for hydroxylation is 1. The number of rotatable bonds is 4. The van der Waals surface area contributed by atoms with Crippen molar-refractivity contribution in [2.75, 3.05) is 4.72 Å². The lowest BCUT2D eigenvalue weighted by Crippen LogP contribution is -2.15. The summed E-state index contributed by atoms with van der Waals surface area (Å²) in [6, 6.07) is 15.7. The molecular weight excluding hydrogens is 425 g/mol. The highest BCUT2D eigenvalue weighted by Gasteiger charge is 2.20. The number of hydrogen-bond acceptors (Lipinski definition) is 4. The van der Waals surface area contributed by atoms with Gasteiger partial charge in [-0.2, -0.15) is 10.4 Å². The third-order valence-electron chi connectivity index (χ3n) is 5.09. The topological polar surface area (TPSA) is 83.6 Å². The number of hydrogen-bond donors (Lipinski definition) is 1. The molecule has 162 valence electrons. The molecule has 4 rings (SSSR count). The van der Waals surface area contributed by atoms with Gasteiger partial charge in [-0.15, -0.1) is 0 Å². The molecule has 0 aliphatic heterocycles. The van der Waals surface area contributed by atoms with Crippen LogP contribution in [0.15, 0.2) is 59.6 Å². The molecule has 1 unspecified atom stereocenters. The molecule has 2 heterocycles. The van der Waals surface area contributed by atoms with Crippen molar-refractivity contribution in [3.05, 3.63) is 77.4 Å². The summed E-state index contributed by atoms with van der Waals surface area (Å²) in [7, 11) is -1.71. The predicted molar refractivity (Wildman–Crippen MR) is 123 cm³/mol. The standard InChI is InChI=1S/C24H22FN5OS/c1-15-12-22(29-32(31)17-8-9-19(20(25)13-17)24(2,3)4)30(28-15)21-10-7-16(14-26)23-18(21)6-5-11-27-23/h5-13,29H,1-4H3. The van der Waals surface area contributed by atoms with E-state index in [2.05, 4.69) is 20.9 Å². The first-order valence-electron chi connectivity index (χ1n) is 10.0. The van der Waals surface area contributed by atoms with E-state index >= 15 is 0 Å². The number of nitrogens with one attached hydrogen (secondary N) is 1. The fourth-order valence-corrected chi connectivity index (χ4v) is 4.42. The van der Waals surface area contributed by atoms with Gasteiger partial charge in [0.2, 0.25) is 0 Å². The molecule has 1 N–H and O–H groups in total. The van der Waals surface area contributed by atoms with E-state index in [-0.39, 0.29) is 11.2 Å². The Morgan fingerprint density at radius 1 is 1.16 bits per heavy atom. The van der Waals surface area contributed by atoms with E-state index in [1.54, 1.807) is 47.3 Å². The van der Waals surface area contributed by atoms with Crippen LogP contribution in [0, 0.1) is 24.1 Å². The van der Waals surface area contributed by atoms with Crippen molar-refractivity contribution in [2.24, 2.45) is 0 Å². The summed E-state index contributed by atoms with van der Waals surface area (Å²) in [6.45, 7) is 7.61. The molecular formula is C24H22FN5OS. The molecule has 0 saturated heterocycles. The maximum absolute atomic E-state index is 14.6. The van der Waals surface area contributed by atoms with Crippen molar-refractivity contribution in [1.82, 2.24) is 14.8 Å². The summed E-state index contributed by atoms with van der Waals surface area (Å²) in [5, 5.41) is 14.7. The summed E-state index contributed by atoms with van der Waals surface area (Å²) < 4.78 is 32.2. The van der Waals surface area contributed by atoms with Crippen molar-refractivity contribution >= 4 is 27.7 Å². The van der Waals surface area contributed by atoms with E-state index < -0.39 is 11.0 Å². The lowest BCUT2D eigenvalue weighted by molar-refractivity contribution is 0.520. The lowest BCUT2D eigenvalue weighted by atomic mass is 9.87. The molecule has 0 bridgehead atoms. The molecule has 0 aliphatic rings. The zero-order chi connectivity index (χ0) is 23.0. The van der Waals surface area contributed by atoms with Gasteiger partial charge in [0.15, 0.2) is 11.0 Å². The highest BCUT2D eigenvalue weighted by molar-refractivity contribution is 7.86. The Kier molecular flexibility index (Phi) is 5.53. The van der Waals surface area contributed by atoms with Gasteiger partial charge < -0.3 is 0 Å². The van der Waals surface area contributed by atoms with Gasteiger partial charge in [-0.25, -0.2) is 13.3 Å². The van der Waals surface area contributed by atoms with Crippen LogP contribution in [0.4, 0.5) is 10.2 Å². The Morgan fingerprint density at radius 3 is 2.62 bits per heavy atom. The van der Waals surface area contributed by atoms with Crippen molar-refractivity contribution in [3.8, 4) is 11.8 Å². The molecule has 2 aromatic heterocycles. The SMILES string of the molecule is Cc1cc(NS(=O)c2ccc(C(C)(C)C)c(F)c2)n(-c2ccc(C#N)c3ncccc23)n1. The number of anilines is 1. The predicted octanol–water partition coefficient (Wildman–Crippen LogP) is 5.17. The average molecular weight is 448 g/mol. The third kappa shape index (κ3) is 3.99. The Bertz CT molecular complexity index is 1400.